The van der Waals surface area contributed by atoms with Crippen LogP contribution >= 0.6 is 0 Å². The Kier molecular flexibility index (Phi) is 2.44. The van der Waals surface area contributed by atoms with Crippen molar-refractivity contribution in [1.29, 1.82) is 0 Å². The lowest BCUT2D eigenvalue weighted by Crippen LogP contribution is -1.97. The van der Waals surface area contributed by atoms with E-state index in [1.807, 2.05) is 23.7 Å². The van der Waals surface area contributed by atoms with Crippen LogP contribution in [0.15, 0.2) is 28.7 Å². The summed E-state index contributed by atoms with van der Waals surface area (Å²) in [5, 5.41) is 5.48. The molecule has 3 N–H and O–H groups in total. The van der Waals surface area contributed by atoms with Gasteiger partial charge in [0.25, 0.3) is 0 Å². The first-order valence-electron chi connectivity index (χ1n) is 6.22. The fourth-order valence-corrected chi connectivity index (χ4v) is 2.29. The summed E-state index contributed by atoms with van der Waals surface area (Å²) in [6, 6.07) is 8.15. The topological polar surface area (TPSA) is 56.1 Å². The first-order chi connectivity index (χ1) is 8.70. The van der Waals surface area contributed by atoms with Gasteiger partial charge in [0.15, 0.2) is 11.5 Å². The third-order valence-electron chi connectivity index (χ3n) is 3.27. The summed E-state index contributed by atoms with van der Waals surface area (Å²) in [6.45, 7) is 3.05. The molecule has 0 saturated heterocycles. The number of aromatic nitrogens is 1. The highest BCUT2D eigenvalue weighted by atomic mass is 16.3. The second-order valence-corrected chi connectivity index (χ2v) is 4.59. The van der Waals surface area contributed by atoms with Gasteiger partial charge in [-0.25, -0.2) is 0 Å². The van der Waals surface area contributed by atoms with Gasteiger partial charge in [-0.1, -0.05) is 19.1 Å². The Hall–Kier alpha value is -2.10. The van der Waals surface area contributed by atoms with E-state index in [0.29, 0.717) is 0 Å². The highest BCUT2D eigenvalue weighted by Crippen LogP contribution is 2.32. The van der Waals surface area contributed by atoms with Crippen molar-refractivity contribution in [1.82, 2.24) is 4.57 Å². The quantitative estimate of drug-likeness (QED) is 0.741. The molecule has 2 aromatic heterocycles. The van der Waals surface area contributed by atoms with Crippen LogP contribution in [0.1, 0.15) is 13.3 Å². The van der Waals surface area contributed by atoms with Gasteiger partial charge in [-0.2, -0.15) is 0 Å². The first-order valence-corrected chi connectivity index (χ1v) is 6.22. The van der Waals surface area contributed by atoms with Gasteiger partial charge in [-0.05, 0) is 12.5 Å². The van der Waals surface area contributed by atoms with Crippen molar-refractivity contribution in [2.24, 2.45) is 7.05 Å². The van der Waals surface area contributed by atoms with Crippen LogP contribution in [-0.2, 0) is 7.05 Å². The largest absolute Gasteiger partial charge is 0.439 e. The maximum Gasteiger partial charge on any atom is 0.194 e. The maximum atomic E-state index is 5.94. The van der Waals surface area contributed by atoms with Crippen LogP contribution in [0.3, 0.4) is 0 Å². The molecule has 3 rings (SSSR count). The fourth-order valence-electron chi connectivity index (χ4n) is 2.29. The Morgan fingerprint density at radius 2 is 2.06 bits per heavy atom. The average molecular weight is 243 g/mol. The molecule has 3 aromatic rings. The molecule has 0 amide bonds. The molecular weight excluding hydrogens is 226 g/mol. The number of anilines is 2. The second-order valence-electron chi connectivity index (χ2n) is 4.59. The number of fused-ring (bicyclic) bond motifs is 3. The van der Waals surface area contributed by atoms with Gasteiger partial charge < -0.3 is 20.0 Å². The minimum Gasteiger partial charge on any atom is -0.439 e. The average Bonchev–Trinajstić information content (AvgIpc) is 2.89. The normalized spacial score (nSPS) is 11.4. The number of nitrogens with zero attached hydrogens (tertiary/aromatic N) is 1. The third-order valence-corrected chi connectivity index (χ3v) is 3.27. The van der Waals surface area contributed by atoms with Crippen LogP contribution in [0.2, 0.25) is 0 Å². The van der Waals surface area contributed by atoms with Gasteiger partial charge in [0.05, 0.1) is 5.52 Å². The summed E-state index contributed by atoms with van der Waals surface area (Å²) < 4.78 is 7.85. The van der Waals surface area contributed by atoms with Crippen molar-refractivity contribution in [3.63, 3.8) is 0 Å². The van der Waals surface area contributed by atoms with Crippen molar-refractivity contribution in [2.45, 2.75) is 13.3 Å². The molecule has 2 heterocycles. The predicted molar refractivity (Wildman–Crippen MR) is 75.9 cm³/mol. The smallest absolute Gasteiger partial charge is 0.194 e. The predicted octanol–water partition coefficient (Wildman–Crippen LogP) is 3.33. The molecule has 1 aromatic carbocycles. The van der Waals surface area contributed by atoms with Crippen molar-refractivity contribution in [3.05, 3.63) is 24.3 Å². The van der Waals surface area contributed by atoms with Crippen LogP contribution in [-0.4, -0.2) is 11.1 Å². The van der Waals surface area contributed by atoms with E-state index in [9.17, 15) is 0 Å². The van der Waals surface area contributed by atoms with Crippen LogP contribution in [0.4, 0.5) is 11.7 Å². The van der Waals surface area contributed by atoms with Crippen LogP contribution in [0.25, 0.3) is 21.9 Å². The lowest BCUT2D eigenvalue weighted by molar-refractivity contribution is 0.627. The zero-order valence-electron chi connectivity index (χ0n) is 10.7. The lowest BCUT2D eigenvalue weighted by Gasteiger charge is -2.00. The monoisotopic (exact) mass is 243 g/mol. The molecule has 0 aliphatic heterocycles. The van der Waals surface area contributed by atoms with Crippen molar-refractivity contribution in [2.75, 3.05) is 17.6 Å². The summed E-state index contributed by atoms with van der Waals surface area (Å²) in [4.78, 5) is 0. The van der Waals surface area contributed by atoms with E-state index in [1.54, 1.807) is 0 Å². The highest BCUT2D eigenvalue weighted by molar-refractivity contribution is 6.05. The Morgan fingerprint density at radius 1 is 1.28 bits per heavy atom. The van der Waals surface area contributed by atoms with E-state index in [-0.39, 0.29) is 0 Å². The standard InChI is InChI=1S/C14H17N3O/c1-3-6-16-12-8-10-5-4-9-7-11(15)17(2)13(9)14(10)18-12/h4-5,7-8,16H,3,6,15H2,1-2H3. The summed E-state index contributed by atoms with van der Waals surface area (Å²) in [5.74, 6) is 1.57. The van der Waals surface area contributed by atoms with E-state index in [1.165, 1.54) is 0 Å². The van der Waals surface area contributed by atoms with E-state index in [2.05, 4.69) is 24.4 Å². The molecule has 4 nitrogen and oxygen atoms in total. The molecule has 4 heteroatoms. The minimum atomic E-state index is 0.747. The van der Waals surface area contributed by atoms with Gasteiger partial charge in [0, 0.05) is 30.4 Å². The number of benzene rings is 1. The molecule has 0 saturated carbocycles. The number of hydrogen-bond donors (Lipinski definition) is 2. The number of hydrogen-bond acceptors (Lipinski definition) is 3. The van der Waals surface area contributed by atoms with Gasteiger partial charge in [-0.15, -0.1) is 0 Å². The summed E-state index contributed by atoms with van der Waals surface area (Å²) >= 11 is 0. The maximum absolute atomic E-state index is 5.94. The Balaban J connectivity index is 2.22. The number of nitrogen functional groups attached to an aromatic ring is 1. The van der Waals surface area contributed by atoms with Crippen molar-refractivity contribution >= 4 is 33.6 Å². The molecule has 0 aliphatic rings. The van der Waals surface area contributed by atoms with E-state index < -0.39 is 0 Å². The van der Waals surface area contributed by atoms with Crippen LogP contribution in [0.5, 0.6) is 0 Å². The molecule has 0 bridgehead atoms. The molecule has 0 fully saturated rings. The Morgan fingerprint density at radius 3 is 2.83 bits per heavy atom. The van der Waals surface area contributed by atoms with Gasteiger partial charge >= 0.3 is 0 Å². The summed E-state index contributed by atoms with van der Waals surface area (Å²) in [7, 11) is 1.96. The molecule has 18 heavy (non-hydrogen) atoms. The molecule has 94 valence electrons. The molecule has 0 spiro atoms. The third kappa shape index (κ3) is 1.53. The van der Waals surface area contributed by atoms with Gasteiger partial charge in [0.2, 0.25) is 0 Å². The number of furan rings is 1. The Bertz CT molecular complexity index is 709. The van der Waals surface area contributed by atoms with Gasteiger partial charge in [-0.3, -0.25) is 0 Å². The van der Waals surface area contributed by atoms with Crippen LogP contribution < -0.4 is 11.1 Å². The molecule has 0 aliphatic carbocycles. The van der Waals surface area contributed by atoms with E-state index >= 15 is 0 Å². The van der Waals surface area contributed by atoms with E-state index in [0.717, 1.165) is 46.5 Å². The number of nitrogens with one attached hydrogen (secondary N) is 1. The van der Waals surface area contributed by atoms with E-state index in [4.69, 9.17) is 10.2 Å². The second kappa shape index (κ2) is 3.98. The van der Waals surface area contributed by atoms with Crippen LogP contribution in [0, 0.1) is 0 Å². The lowest BCUT2D eigenvalue weighted by atomic mass is 10.2. The SMILES string of the molecule is CCCNc1cc2ccc3cc(N)n(C)c3c2o1. The molecule has 0 radical (unpaired) electrons. The zero-order valence-corrected chi connectivity index (χ0v) is 10.7. The Labute approximate surface area is 105 Å². The number of nitrogens with two attached hydrogens (primary N) is 1. The number of aryl methyl sites for hydroxylation is 1. The fraction of sp³-hybridized carbons (Fsp3) is 0.286. The van der Waals surface area contributed by atoms with Crippen molar-refractivity contribution in [3.8, 4) is 0 Å². The molecular formula is C14H17N3O. The highest BCUT2D eigenvalue weighted by Gasteiger charge is 2.11. The molecule has 0 unspecified atom stereocenters. The minimum absolute atomic E-state index is 0.747. The summed E-state index contributed by atoms with van der Waals surface area (Å²) in [6.07, 6.45) is 1.07. The first kappa shape index (κ1) is 11.0. The molecule has 0 atom stereocenters. The summed E-state index contributed by atoms with van der Waals surface area (Å²) in [5.41, 5.74) is 7.88. The number of rotatable bonds is 3. The van der Waals surface area contributed by atoms with Crippen molar-refractivity contribution < 1.29 is 4.42 Å². The van der Waals surface area contributed by atoms with Gasteiger partial charge in [0.1, 0.15) is 5.82 Å². The zero-order chi connectivity index (χ0) is 12.7.